The molecule has 1 saturated heterocycles. The van der Waals surface area contributed by atoms with E-state index in [2.05, 4.69) is 5.32 Å². The number of para-hydroxylation sites is 1. The number of anilines is 2. The fraction of sp³-hybridized carbons (Fsp3) is 0.250. The third-order valence-corrected chi connectivity index (χ3v) is 4.64. The summed E-state index contributed by atoms with van der Waals surface area (Å²) in [5.41, 5.74) is 0.875. The molecular formula is C20H18ClFN2O4. The highest BCUT2D eigenvalue weighted by Crippen LogP contribution is 2.27. The largest absolute Gasteiger partial charge is 0.449 e. The van der Waals surface area contributed by atoms with Gasteiger partial charge in [0.1, 0.15) is 5.82 Å². The molecule has 28 heavy (non-hydrogen) atoms. The van der Waals surface area contributed by atoms with Crippen molar-refractivity contribution in [2.24, 2.45) is 0 Å². The molecule has 146 valence electrons. The number of rotatable bonds is 5. The molecule has 3 rings (SSSR count). The van der Waals surface area contributed by atoms with Gasteiger partial charge in [0.15, 0.2) is 6.10 Å². The van der Waals surface area contributed by atoms with Crippen LogP contribution in [0.2, 0.25) is 5.02 Å². The van der Waals surface area contributed by atoms with Crippen molar-refractivity contribution in [3.05, 3.63) is 58.9 Å². The predicted molar refractivity (Wildman–Crippen MR) is 103 cm³/mol. The summed E-state index contributed by atoms with van der Waals surface area (Å²) >= 11 is 5.89. The predicted octanol–water partition coefficient (Wildman–Crippen LogP) is 3.79. The summed E-state index contributed by atoms with van der Waals surface area (Å²) in [4.78, 5) is 38.4. The zero-order valence-corrected chi connectivity index (χ0v) is 15.8. The van der Waals surface area contributed by atoms with Gasteiger partial charge in [0.25, 0.3) is 5.91 Å². The Morgan fingerprint density at radius 2 is 2.00 bits per heavy atom. The summed E-state index contributed by atoms with van der Waals surface area (Å²) in [5.74, 6) is -1.92. The van der Waals surface area contributed by atoms with E-state index in [-0.39, 0.29) is 22.2 Å². The molecule has 1 N–H and O–H groups in total. The molecule has 1 fully saturated rings. The number of nitrogens with zero attached hydrogens (tertiary/aromatic N) is 1. The van der Waals surface area contributed by atoms with Gasteiger partial charge < -0.3 is 15.0 Å². The van der Waals surface area contributed by atoms with Gasteiger partial charge in [0.05, 0.1) is 22.0 Å². The van der Waals surface area contributed by atoms with Gasteiger partial charge in [-0.15, -0.1) is 0 Å². The molecule has 0 aliphatic carbocycles. The summed E-state index contributed by atoms with van der Waals surface area (Å²) < 4.78 is 18.4. The normalized spacial score (nSPS) is 14.7. The molecule has 2 aromatic rings. The van der Waals surface area contributed by atoms with Crippen molar-refractivity contribution < 1.29 is 23.5 Å². The second-order valence-electron chi connectivity index (χ2n) is 6.33. The minimum absolute atomic E-state index is 0.0322. The molecule has 6 nitrogen and oxygen atoms in total. The summed E-state index contributed by atoms with van der Waals surface area (Å²) in [5, 5.41) is 2.52. The third kappa shape index (κ3) is 4.31. The molecule has 0 bridgehead atoms. The Morgan fingerprint density at radius 3 is 2.68 bits per heavy atom. The van der Waals surface area contributed by atoms with Crippen LogP contribution in [-0.4, -0.2) is 30.4 Å². The van der Waals surface area contributed by atoms with E-state index in [1.54, 1.807) is 29.2 Å². The maximum atomic E-state index is 13.1. The molecule has 0 aromatic heterocycles. The number of ether oxygens (including phenoxy) is 1. The first kappa shape index (κ1) is 19.8. The second kappa shape index (κ2) is 8.39. The minimum Gasteiger partial charge on any atom is -0.449 e. The summed E-state index contributed by atoms with van der Waals surface area (Å²) in [6.45, 7) is 1.94. The molecule has 2 amide bonds. The van der Waals surface area contributed by atoms with Crippen LogP contribution >= 0.6 is 11.6 Å². The monoisotopic (exact) mass is 404 g/mol. The Labute approximate surface area is 166 Å². The standard InChI is InChI=1S/C20H18ClFN2O4/c1-12(19(26)23-16-9-8-13(22)11-15(16)21)28-20(27)14-5-2-3-6-17(14)24-10-4-7-18(24)25/h2-3,5-6,8-9,11-12H,4,7,10H2,1H3,(H,23,26)/t12-/m1/s1. The molecule has 1 atom stereocenters. The molecule has 1 aliphatic heterocycles. The van der Waals surface area contributed by atoms with Crippen LogP contribution in [0, 0.1) is 5.82 Å². The average molecular weight is 405 g/mol. The number of hydrogen-bond donors (Lipinski definition) is 1. The van der Waals surface area contributed by atoms with E-state index < -0.39 is 23.8 Å². The third-order valence-electron chi connectivity index (χ3n) is 4.33. The Hall–Kier alpha value is -2.93. The van der Waals surface area contributed by atoms with E-state index in [4.69, 9.17) is 16.3 Å². The van der Waals surface area contributed by atoms with Crippen molar-refractivity contribution in [3.8, 4) is 0 Å². The van der Waals surface area contributed by atoms with Gasteiger partial charge in [0.2, 0.25) is 5.91 Å². The van der Waals surface area contributed by atoms with Crippen molar-refractivity contribution in [2.75, 3.05) is 16.8 Å². The zero-order valence-electron chi connectivity index (χ0n) is 15.1. The van der Waals surface area contributed by atoms with Crippen LogP contribution in [0.5, 0.6) is 0 Å². The summed E-state index contributed by atoms with van der Waals surface area (Å²) in [6.07, 6.45) is 0.0241. The second-order valence-corrected chi connectivity index (χ2v) is 6.73. The van der Waals surface area contributed by atoms with Gasteiger partial charge in [-0.2, -0.15) is 0 Å². The topological polar surface area (TPSA) is 75.7 Å². The van der Waals surface area contributed by atoms with E-state index >= 15 is 0 Å². The first-order valence-electron chi connectivity index (χ1n) is 8.73. The van der Waals surface area contributed by atoms with E-state index in [0.717, 1.165) is 18.6 Å². The van der Waals surface area contributed by atoms with Gasteiger partial charge >= 0.3 is 5.97 Å². The van der Waals surface area contributed by atoms with Crippen molar-refractivity contribution >= 4 is 40.8 Å². The van der Waals surface area contributed by atoms with Gasteiger partial charge in [-0.05, 0) is 43.7 Å². The molecular weight excluding hydrogens is 387 g/mol. The molecule has 1 aliphatic rings. The molecule has 0 unspecified atom stereocenters. The molecule has 1 heterocycles. The van der Waals surface area contributed by atoms with Crippen LogP contribution in [0.1, 0.15) is 30.1 Å². The Kier molecular flexibility index (Phi) is 5.94. The minimum atomic E-state index is -1.13. The maximum Gasteiger partial charge on any atom is 0.341 e. The Bertz CT molecular complexity index is 934. The number of hydrogen-bond acceptors (Lipinski definition) is 4. The number of amides is 2. The first-order valence-corrected chi connectivity index (χ1v) is 9.11. The highest BCUT2D eigenvalue weighted by Gasteiger charge is 2.27. The summed E-state index contributed by atoms with van der Waals surface area (Å²) in [6, 6.07) is 10.1. The smallest absolute Gasteiger partial charge is 0.341 e. The quantitative estimate of drug-likeness (QED) is 0.769. The molecule has 2 aromatic carbocycles. The van der Waals surface area contributed by atoms with Crippen LogP contribution in [0.25, 0.3) is 0 Å². The number of benzene rings is 2. The van der Waals surface area contributed by atoms with E-state index in [1.807, 2.05) is 0 Å². The first-order chi connectivity index (χ1) is 13.4. The van der Waals surface area contributed by atoms with Crippen LogP contribution in [-0.2, 0) is 14.3 Å². The lowest BCUT2D eigenvalue weighted by Crippen LogP contribution is -2.31. The van der Waals surface area contributed by atoms with Gasteiger partial charge in [-0.3, -0.25) is 9.59 Å². The lowest BCUT2D eigenvalue weighted by molar-refractivity contribution is -0.123. The van der Waals surface area contributed by atoms with Crippen molar-refractivity contribution in [1.82, 2.24) is 0 Å². The molecule has 0 spiro atoms. The van der Waals surface area contributed by atoms with Crippen molar-refractivity contribution in [2.45, 2.75) is 25.9 Å². The fourth-order valence-corrected chi connectivity index (χ4v) is 3.10. The Morgan fingerprint density at radius 1 is 1.25 bits per heavy atom. The highest BCUT2D eigenvalue weighted by atomic mass is 35.5. The van der Waals surface area contributed by atoms with Gasteiger partial charge in [0, 0.05) is 13.0 Å². The zero-order chi connectivity index (χ0) is 20.3. The van der Waals surface area contributed by atoms with Gasteiger partial charge in [-0.25, -0.2) is 9.18 Å². The van der Waals surface area contributed by atoms with Crippen molar-refractivity contribution in [1.29, 1.82) is 0 Å². The number of nitrogens with one attached hydrogen (secondary N) is 1. The summed E-state index contributed by atoms with van der Waals surface area (Å²) in [7, 11) is 0. The van der Waals surface area contributed by atoms with Crippen LogP contribution in [0.4, 0.5) is 15.8 Å². The van der Waals surface area contributed by atoms with E-state index in [1.165, 1.54) is 13.0 Å². The maximum absolute atomic E-state index is 13.1. The Balaban J connectivity index is 1.70. The molecule has 0 saturated carbocycles. The number of carbonyl (C=O) groups excluding carboxylic acids is 3. The average Bonchev–Trinajstić information content (AvgIpc) is 3.09. The fourth-order valence-electron chi connectivity index (χ4n) is 2.89. The number of halogens is 2. The molecule has 0 radical (unpaired) electrons. The van der Waals surface area contributed by atoms with Crippen LogP contribution in [0.15, 0.2) is 42.5 Å². The SMILES string of the molecule is C[C@@H](OC(=O)c1ccccc1N1CCCC1=O)C(=O)Nc1ccc(F)cc1Cl. The lowest BCUT2D eigenvalue weighted by Gasteiger charge is -2.20. The van der Waals surface area contributed by atoms with Crippen LogP contribution in [0.3, 0.4) is 0 Å². The molecule has 8 heteroatoms. The van der Waals surface area contributed by atoms with E-state index in [9.17, 15) is 18.8 Å². The highest BCUT2D eigenvalue weighted by molar-refractivity contribution is 6.33. The van der Waals surface area contributed by atoms with Crippen molar-refractivity contribution in [3.63, 3.8) is 0 Å². The number of carbonyl (C=O) groups is 3. The van der Waals surface area contributed by atoms with Gasteiger partial charge in [-0.1, -0.05) is 23.7 Å². The van der Waals surface area contributed by atoms with E-state index in [0.29, 0.717) is 18.7 Å². The lowest BCUT2D eigenvalue weighted by atomic mass is 10.1. The van der Waals surface area contributed by atoms with Crippen LogP contribution < -0.4 is 10.2 Å². The number of esters is 1.